The van der Waals surface area contributed by atoms with Crippen LogP contribution < -0.4 is 10.6 Å². The van der Waals surface area contributed by atoms with Gasteiger partial charge >= 0.3 is 0 Å². The number of anilines is 1. The summed E-state index contributed by atoms with van der Waals surface area (Å²) in [6.45, 7) is 4.10. The van der Waals surface area contributed by atoms with Crippen LogP contribution in [0, 0.1) is 13.8 Å². The zero-order chi connectivity index (χ0) is 15.1. The number of aryl methyl sites for hydroxylation is 2. The third-order valence-corrected chi connectivity index (χ3v) is 4.37. The molecule has 2 N–H and O–H groups in total. The standard InChI is InChI=1S/C17H17ClN2O/c1-10-3-8-14(9-11(10)2)20-16(15(19)17(20)21)12-4-6-13(18)7-5-12/h3-9,15-16H,19H2,1-2H3/t15-,16+/m1/s1. The Morgan fingerprint density at radius 2 is 1.71 bits per heavy atom. The number of amides is 1. The highest BCUT2D eigenvalue weighted by Crippen LogP contribution is 2.38. The summed E-state index contributed by atoms with van der Waals surface area (Å²) in [6.07, 6.45) is 0. The second-order valence-electron chi connectivity index (χ2n) is 5.50. The highest BCUT2D eigenvalue weighted by Gasteiger charge is 2.46. The summed E-state index contributed by atoms with van der Waals surface area (Å²) in [5, 5.41) is 0.677. The van der Waals surface area contributed by atoms with Crippen LogP contribution in [-0.4, -0.2) is 11.9 Å². The first-order valence-corrected chi connectivity index (χ1v) is 7.28. The molecule has 2 aromatic carbocycles. The van der Waals surface area contributed by atoms with Gasteiger partial charge in [0.05, 0.1) is 6.04 Å². The number of hydrogen-bond acceptors (Lipinski definition) is 2. The monoisotopic (exact) mass is 300 g/mol. The number of carbonyl (C=O) groups excluding carboxylic acids is 1. The summed E-state index contributed by atoms with van der Waals surface area (Å²) in [7, 11) is 0. The molecule has 2 atom stereocenters. The van der Waals surface area contributed by atoms with E-state index in [-0.39, 0.29) is 11.9 Å². The van der Waals surface area contributed by atoms with E-state index in [0.717, 1.165) is 16.8 Å². The molecule has 4 heteroatoms. The van der Waals surface area contributed by atoms with Crippen molar-refractivity contribution in [2.24, 2.45) is 5.73 Å². The zero-order valence-corrected chi connectivity index (χ0v) is 12.8. The van der Waals surface area contributed by atoms with Gasteiger partial charge in [0.25, 0.3) is 0 Å². The van der Waals surface area contributed by atoms with Crippen LogP contribution in [-0.2, 0) is 4.79 Å². The molecule has 0 saturated carbocycles. The quantitative estimate of drug-likeness (QED) is 0.864. The molecule has 0 aromatic heterocycles. The van der Waals surface area contributed by atoms with E-state index in [1.807, 2.05) is 49.4 Å². The Kier molecular flexibility index (Phi) is 3.47. The first-order valence-electron chi connectivity index (χ1n) is 6.90. The molecule has 0 aliphatic carbocycles. The number of nitrogens with zero attached hydrogens (tertiary/aromatic N) is 1. The molecule has 1 amide bonds. The number of β-lactam (4-membered cyclic amide) rings is 1. The van der Waals surface area contributed by atoms with Crippen LogP contribution in [0.5, 0.6) is 0 Å². The minimum absolute atomic E-state index is 0.0433. The molecule has 1 fully saturated rings. The van der Waals surface area contributed by atoms with Gasteiger partial charge in [-0.3, -0.25) is 4.79 Å². The van der Waals surface area contributed by atoms with Gasteiger partial charge in [-0.2, -0.15) is 0 Å². The summed E-state index contributed by atoms with van der Waals surface area (Å²) in [5.74, 6) is -0.0433. The maximum Gasteiger partial charge on any atom is 0.247 e. The molecule has 108 valence electrons. The smallest absolute Gasteiger partial charge is 0.247 e. The van der Waals surface area contributed by atoms with Crippen LogP contribution in [0.4, 0.5) is 5.69 Å². The van der Waals surface area contributed by atoms with Gasteiger partial charge in [0.15, 0.2) is 0 Å². The fourth-order valence-electron chi connectivity index (χ4n) is 2.69. The largest absolute Gasteiger partial charge is 0.318 e. The molecule has 3 nitrogen and oxygen atoms in total. The van der Waals surface area contributed by atoms with E-state index in [1.54, 1.807) is 4.90 Å². The molecule has 1 aliphatic rings. The molecular formula is C17H17ClN2O. The fourth-order valence-corrected chi connectivity index (χ4v) is 2.82. The van der Waals surface area contributed by atoms with Crippen LogP contribution in [0.25, 0.3) is 0 Å². The van der Waals surface area contributed by atoms with Gasteiger partial charge in [-0.1, -0.05) is 29.8 Å². The minimum Gasteiger partial charge on any atom is -0.318 e. The summed E-state index contributed by atoms with van der Waals surface area (Å²) >= 11 is 5.92. The van der Waals surface area contributed by atoms with Gasteiger partial charge in [0, 0.05) is 10.7 Å². The highest BCUT2D eigenvalue weighted by molar-refractivity contribution is 6.30. The number of benzene rings is 2. The van der Waals surface area contributed by atoms with Crippen molar-refractivity contribution < 1.29 is 4.79 Å². The normalized spacial score (nSPS) is 21.3. The molecule has 0 unspecified atom stereocenters. The van der Waals surface area contributed by atoms with Gasteiger partial charge in [-0.05, 0) is 54.8 Å². The van der Waals surface area contributed by atoms with E-state index in [1.165, 1.54) is 5.56 Å². The summed E-state index contributed by atoms with van der Waals surface area (Å²) in [6, 6.07) is 12.9. The molecular weight excluding hydrogens is 284 g/mol. The second kappa shape index (κ2) is 5.17. The Hall–Kier alpha value is -1.84. The van der Waals surface area contributed by atoms with Gasteiger partial charge in [0.1, 0.15) is 6.04 Å². The average Bonchev–Trinajstić information content (AvgIpc) is 2.48. The molecule has 0 radical (unpaired) electrons. The minimum atomic E-state index is -0.493. The lowest BCUT2D eigenvalue weighted by Gasteiger charge is -2.45. The zero-order valence-electron chi connectivity index (χ0n) is 12.0. The lowest BCUT2D eigenvalue weighted by molar-refractivity contribution is -0.126. The fraction of sp³-hybridized carbons (Fsp3) is 0.235. The van der Waals surface area contributed by atoms with E-state index in [9.17, 15) is 4.79 Å². The van der Waals surface area contributed by atoms with Crippen LogP contribution >= 0.6 is 11.6 Å². The van der Waals surface area contributed by atoms with Crippen molar-refractivity contribution in [1.29, 1.82) is 0 Å². The third-order valence-electron chi connectivity index (χ3n) is 4.12. The van der Waals surface area contributed by atoms with Gasteiger partial charge in [-0.25, -0.2) is 0 Å². The molecule has 3 rings (SSSR count). The molecule has 0 bridgehead atoms. The Morgan fingerprint density at radius 1 is 1.05 bits per heavy atom. The Bertz CT molecular complexity index is 696. The van der Waals surface area contributed by atoms with E-state index in [2.05, 4.69) is 6.92 Å². The van der Waals surface area contributed by atoms with E-state index >= 15 is 0 Å². The van der Waals surface area contributed by atoms with Crippen molar-refractivity contribution in [3.8, 4) is 0 Å². The molecule has 1 saturated heterocycles. The van der Waals surface area contributed by atoms with Crippen LogP contribution in [0.3, 0.4) is 0 Å². The Labute approximate surface area is 129 Å². The van der Waals surface area contributed by atoms with E-state index in [4.69, 9.17) is 17.3 Å². The lowest BCUT2D eigenvalue weighted by Crippen LogP contribution is -2.63. The highest BCUT2D eigenvalue weighted by atomic mass is 35.5. The number of rotatable bonds is 2. The van der Waals surface area contributed by atoms with Crippen molar-refractivity contribution in [1.82, 2.24) is 0 Å². The number of hydrogen-bond donors (Lipinski definition) is 1. The van der Waals surface area contributed by atoms with Crippen LogP contribution in [0.2, 0.25) is 5.02 Å². The van der Waals surface area contributed by atoms with Gasteiger partial charge in [0.2, 0.25) is 5.91 Å². The summed E-state index contributed by atoms with van der Waals surface area (Å²) in [5.41, 5.74) is 10.3. The first kappa shape index (κ1) is 14.1. The molecule has 2 aromatic rings. The third kappa shape index (κ3) is 2.33. The van der Waals surface area contributed by atoms with Crippen molar-refractivity contribution in [2.45, 2.75) is 25.9 Å². The maximum absolute atomic E-state index is 12.2. The SMILES string of the molecule is Cc1ccc(N2C(=O)[C@H](N)[C@@H]2c2ccc(Cl)cc2)cc1C. The topological polar surface area (TPSA) is 46.3 Å². The van der Waals surface area contributed by atoms with Crippen molar-refractivity contribution in [3.63, 3.8) is 0 Å². The predicted octanol–water partition coefficient (Wildman–Crippen LogP) is 3.37. The number of nitrogens with two attached hydrogens (primary N) is 1. The van der Waals surface area contributed by atoms with Crippen LogP contribution in [0.1, 0.15) is 22.7 Å². The number of halogens is 1. The molecule has 21 heavy (non-hydrogen) atoms. The molecule has 1 heterocycles. The van der Waals surface area contributed by atoms with E-state index in [0.29, 0.717) is 5.02 Å². The average molecular weight is 301 g/mol. The first-order chi connectivity index (χ1) is 9.99. The van der Waals surface area contributed by atoms with Gasteiger partial charge in [-0.15, -0.1) is 0 Å². The van der Waals surface area contributed by atoms with Crippen molar-refractivity contribution >= 4 is 23.2 Å². The van der Waals surface area contributed by atoms with Gasteiger partial charge < -0.3 is 10.6 Å². The van der Waals surface area contributed by atoms with Crippen LogP contribution in [0.15, 0.2) is 42.5 Å². The van der Waals surface area contributed by atoms with E-state index < -0.39 is 6.04 Å². The molecule has 1 aliphatic heterocycles. The summed E-state index contributed by atoms with van der Waals surface area (Å²) < 4.78 is 0. The maximum atomic E-state index is 12.2. The van der Waals surface area contributed by atoms with Crippen molar-refractivity contribution in [2.75, 3.05) is 4.90 Å². The predicted molar refractivity (Wildman–Crippen MR) is 85.6 cm³/mol. The Balaban J connectivity index is 1.98. The Morgan fingerprint density at radius 3 is 2.33 bits per heavy atom. The summed E-state index contributed by atoms with van der Waals surface area (Å²) in [4.78, 5) is 13.9. The number of carbonyl (C=O) groups is 1. The van der Waals surface area contributed by atoms with Crippen molar-refractivity contribution in [3.05, 3.63) is 64.2 Å². The molecule has 0 spiro atoms. The lowest BCUT2D eigenvalue weighted by atomic mass is 9.88. The second-order valence-corrected chi connectivity index (χ2v) is 5.94.